The molecule has 0 radical (unpaired) electrons. The summed E-state index contributed by atoms with van der Waals surface area (Å²) in [4.78, 5) is 6.35. The molecule has 0 saturated carbocycles. The SMILES string of the molecule is CN(Cc1nc2cc(N)ccc2o1)Cc1ccccc1F. The second-order valence-corrected chi connectivity index (χ2v) is 5.10. The van der Waals surface area contributed by atoms with E-state index in [2.05, 4.69) is 4.98 Å². The van der Waals surface area contributed by atoms with Crippen molar-refractivity contribution < 1.29 is 8.81 Å². The second-order valence-electron chi connectivity index (χ2n) is 5.10. The fourth-order valence-corrected chi connectivity index (χ4v) is 2.26. The molecule has 0 amide bonds. The number of fused-ring (bicyclic) bond motifs is 1. The van der Waals surface area contributed by atoms with Gasteiger partial charge in [0.25, 0.3) is 0 Å². The number of aromatic nitrogens is 1. The summed E-state index contributed by atoms with van der Waals surface area (Å²) in [7, 11) is 1.90. The van der Waals surface area contributed by atoms with Crippen LogP contribution in [0.5, 0.6) is 0 Å². The third-order valence-electron chi connectivity index (χ3n) is 3.26. The molecular weight excluding hydrogens is 269 g/mol. The number of rotatable bonds is 4. The quantitative estimate of drug-likeness (QED) is 0.748. The van der Waals surface area contributed by atoms with Crippen LogP contribution in [-0.4, -0.2) is 16.9 Å². The lowest BCUT2D eigenvalue weighted by atomic mass is 10.2. The Morgan fingerprint density at radius 2 is 2.00 bits per heavy atom. The van der Waals surface area contributed by atoms with Gasteiger partial charge in [0.05, 0.1) is 6.54 Å². The van der Waals surface area contributed by atoms with Crippen LogP contribution in [0.4, 0.5) is 10.1 Å². The van der Waals surface area contributed by atoms with E-state index in [0.29, 0.717) is 35.8 Å². The van der Waals surface area contributed by atoms with Crippen LogP contribution < -0.4 is 5.73 Å². The highest BCUT2D eigenvalue weighted by Gasteiger charge is 2.10. The molecule has 3 aromatic rings. The third kappa shape index (κ3) is 3.03. The molecule has 0 aliphatic rings. The van der Waals surface area contributed by atoms with Gasteiger partial charge in [-0.2, -0.15) is 0 Å². The molecule has 0 fully saturated rings. The highest BCUT2D eigenvalue weighted by atomic mass is 19.1. The smallest absolute Gasteiger partial charge is 0.209 e. The Balaban J connectivity index is 1.74. The average molecular weight is 285 g/mol. The van der Waals surface area contributed by atoms with Gasteiger partial charge in [0.1, 0.15) is 11.3 Å². The van der Waals surface area contributed by atoms with Gasteiger partial charge < -0.3 is 10.2 Å². The zero-order valence-corrected chi connectivity index (χ0v) is 11.7. The van der Waals surface area contributed by atoms with Crippen molar-refractivity contribution in [3.8, 4) is 0 Å². The molecule has 0 aliphatic carbocycles. The molecule has 2 N–H and O–H groups in total. The van der Waals surface area contributed by atoms with E-state index in [-0.39, 0.29) is 5.82 Å². The number of nitrogen functional groups attached to an aromatic ring is 1. The van der Waals surface area contributed by atoms with Crippen molar-refractivity contribution in [2.45, 2.75) is 13.1 Å². The van der Waals surface area contributed by atoms with Crippen LogP contribution in [0.2, 0.25) is 0 Å². The minimum Gasteiger partial charge on any atom is -0.439 e. The second kappa shape index (κ2) is 5.54. The number of hydrogen-bond donors (Lipinski definition) is 1. The van der Waals surface area contributed by atoms with Gasteiger partial charge >= 0.3 is 0 Å². The van der Waals surface area contributed by atoms with E-state index in [4.69, 9.17) is 10.2 Å². The normalized spacial score (nSPS) is 11.4. The number of benzene rings is 2. The topological polar surface area (TPSA) is 55.3 Å². The van der Waals surface area contributed by atoms with Crippen molar-refractivity contribution in [1.29, 1.82) is 0 Å². The van der Waals surface area contributed by atoms with Crippen LogP contribution >= 0.6 is 0 Å². The summed E-state index contributed by atoms with van der Waals surface area (Å²) in [6.45, 7) is 0.996. The van der Waals surface area contributed by atoms with Crippen LogP contribution in [0.25, 0.3) is 11.1 Å². The van der Waals surface area contributed by atoms with E-state index in [1.54, 1.807) is 30.3 Å². The van der Waals surface area contributed by atoms with Crippen molar-refractivity contribution in [2.75, 3.05) is 12.8 Å². The van der Waals surface area contributed by atoms with E-state index < -0.39 is 0 Å². The van der Waals surface area contributed by atoms with Crippen molar-refractivity contribution in [3.05, 3.63) is 59.7 Å². The molecule has 21 heavy (non-hydrogen) atoms. The first-order valence-electron chi connectivity index (χ1n) is 6.69. The maximum absolute atomic E-state index is 13.6. The molecule has 0 bridgehead atoms. The van der Waals surface area contributed by atoms with Crippen LogP contribution in [0.1, 0.15) is 11.5 Å². The Morgan fingerprint density at radius 3 is 2.81 bits per heavy atom. The van der Waals surface area contributed by atoms with Crippen molar-refractivity contribution >= 4 is 16.8 Å². The van der Waals surface area contributed by atoms with Crippen molar-refractivity contribution in [2.24, 2.45) is 0 Å². The summed E-state index contributed by atoms with van der Waals surface area (Å²) in [5.74, 6) is 0.393. The number of hydrogen-bond acceptors (Lipinski definition) is 4. The molecule has 3 rings (SSSR count). The molecule has 0 spiro atoms. The Hall–Kier alpha value is -2.40. The average Bonchev–Trinajstić information content (AvgIpc) is 2.82. The molecule has 2 aromatic carbocycles. The van der Waals surface area contributed by atoms with Gasteiger partial charge in [0, 0.05) is 17.8 Å². The van der Waals surface area contributed by atoms with Crippen molar-refractivity contribution in [3.63, 3.8) is 0 Å². The fraction of sp³-hybridized carbons (Fsp3) is 0.188. The first-order valence-corrected chi connectivity index (χ1v) is 6.69. The van der Waals surface area contributed by atoms with E-state index in [0.717, 1.165) is 5.52 Å². The first kappa shape index (κ1) is 13.6. The molecule has 0 saturated heterocycles. The van der Waals surface area contributed by atoms with Crippen LogP contribution in [0, 0.1) is 5.82 Å². The maximum atomic E-state index is 13.6. The predicted molar refractivity (Wildman–Crippen MR) is 80.0 cm³/mol. The number of halogens is 1. The molecule has 0 aliphatic heterocycles. The summed E-state index contributed by atoms with van der Waals surface area (Å²) in [6.07, 6.45) is 0. The standard InChI is InChI=1S/C16H16FN3O/c1-20(9-11-4-2-3-5-13(11)17)10-16-19-14-8-12(18)6-7-15(14)21-16/h2-8H,9-10,18H2,1H3. The van der Waals surface area contributed by atoms with Crippen LogP contribution in [-0.2, 0) is 13.1 Å². The third-order valence-corrected chi connectivity index (χ3v) is 3.26. The van der Waals surface area contributed by atoms with Crippen LogP contribution in [0.15, 0.2) is 46.9 Å². The molecule has 108 valence electrons. The predicted octanol–water partition coefficient (Wildman–Crippen LogP) is 3.18. The highest BCUT2D eigenvalue weighted by molar-refractivity contribution is 5.76. The zero-order chi connectivity index (χ0) is 14.8. The molecule has 0 atom stereocenters. The zero-order valence-electron chi connectivity index (χ0n) is 11.7. The monoisotopic (exact) mass is 285 g/mol. The van der Waals surface area contributed by atoms with E-state index in [9.17, 15) is 4.39 Å². The summed E-state index contributed by atoms with van der Waals surface area (Å²) in [5, 5.41) is 0. The molecule has 0 unspecified atom stereocenters. The highest BCUT2D eigenvalue weighted by Crippen LogP contribution is 2.19. The molecule has 4 nitrogen and oxygen atoms in total. The first-order chi connectivity index (χ1) is 10.1. The minimum absolute atomic E-state index is 0.199. The Labute approximate surface area is 122 Å². The largest absolute Gasteiger partial charge is 0.439 e. The molecular formula is C16H16FN3O. The Bertz CT molecular complexity index is 769. The van der Waals surface area contributed by atoms with Gasteiger partial charge in [-0.1, -0.05) is 18.2 Å². The van der Waals surface area contributed by atoms with Gasteiger partial charge in [0.2, 0.25) is 5.89 Å². The summed E-state index contributed by atoms with van der Waals surface area (Å²) >= 11 is 0. The lowest BCUT2D eigenvalue weighted by Gasteiger charge is -2.14. The van der Waals surface area contributed by atoms with Gasteiger partial charge in [0.15, 0.2) is 5.58 Å². The molecule has 1 heterocycles. The fourth-order valence-electron chi connectivity index (χ4n) is 2.26. The van der Waals surface area contributed by atoms with E-state index in [1.165, 1.54) is 6.07 Å². The summed E-state index contributed by atoms with van der Waals surface area (Å²) in [6, 6.07) is 12.1. The lowest BCUT2D eigenvalue weighted by Crippen LogP contribution is -2.18. The van der Waals surface area contributed by atoms with Crippen molar-refractivity contribution in [1.82, 2.24) is 9.88 Å². The summed E-state index contributed by atoms with van der Waals surface area (Å²) in [5.41, 5.74) is 8.47. The van der Waals surface area contributed by atoms with Gasteiger partial charge in [-0.3, -0.25) is 4.90 Å². The van der Waals surface area contributed by atoms with Gasteiger partial charge in [-0.15, -0.1) is 0 Å². The summed E-state index contributed by atoms with van der Waals surface area (Å²) < 4.78 is 19.3. The van der Waals surface area contributed by atoms with Gasteiger partial charge in [-0.05, 0) is 31.3 Å². The Kier molecular flexibility index (Phi) is 3.58. The molecule has 5 heteroatoms. The van der Waals surface area contributed by atoms with Gasteiger partial charge in [-0.25, -0.2) is 9.37 Å². The number of nitrogens with zero attached hydrogens (tertiary/aromatic N) is 2. The van der Waals surface area contributed by atoms with E-state index >= 15 is 0 Å². The number of nitrogens with two attached hydrogens (primary N) is 1. The van der Waals surface area contributed by atoms with Crippen LogP contribution in [0.3, 0.4) is 0 Å². The maximum Gasteiger partial charge on any atom is 0.209 e. The van der Waals surface area contributed by atoms with E-state index in [1.807, 2.05) is 18.0 Å². The number of oxazole rings is 1. The Morgan fingerprint density at radius 1 is 1.19 bits per heavy atom. The molecule has 1 aromatic heterocycles. The number of anilines is 1. The minimum atomic E-state index is -0.199. The lowest BCUT2D eigenvalue weighted by molar-refractivity contribution is 0.281.